The zero-order valence-electron chi connectivity index (χ0n) is 13.8. The summed E-state index contributed by atoms with van der Waals surface area (Å²) >= 11 is 3.38. The average molecular weight is 400 g/mol. The van der Waals surface area contributed by atoms with Crippen LogP contribution in [-0.2, 0) is 17.9 Å². The van der Waals surface area contributed by atoms with E-state index in [-0.39, 0.29) is 5.57 Å². The fourth-order valence-electron chi connectivity index (χ4n) is 2.04. The van der Waals surface area contributed by atoms with Gasteiger partial charge in [-0.15, -0.1) is 0 Å². The Morgan fingerprint density at radius 1 is 1.12 bits per heavy atom. The van der Waals surface area contributed by atoms with Gasteiger partial charge in [0.15, 0.2) is 0 Å². The standard InChI is InChI=1S/C19H18BrN3O2/c1-25-18-8-4-15(5-9-18)12-23-19(24)16(10-21)13-22-11-14-2-6-17(20)7-3-14/h2-9,13,22H,11-12H2,1H3,(H,23,24)/b16-13-. The largest absolute Gasteiger partial charge is 0.497 e. The number of rotatable bonds is 7. The first-order chi connectivity index (χ1) is 12.1. The topological polar surface area (TPSA) is 74.1 Å². The quantitative estimate of drug-likeness (QED) is 0.553. The van der Waals surface area contributed by atoms with Gasteiger partial charge in [0.05, 0.1) is 7.11 Å². The number of benzene rings is 2. The van der Waals surface area contributed by atoms with Gasteiger partial charge in [-0.1, -0.05) is 40.2 Å². The highest BCUT2D eigenvalue weighted by Crippen LogP contribution is 2.11. The Morgan fingerprint density at radius 3 is 2.32 bits per heavy atom. The Bertz CT molecular complexity index is 778. The second kappa shape index (κ2) is 9.50. The molecule has 2 rings (SSSR count). The van der Waals surface area contributed by atoms with E-state index < -0.39 is 5.91 Å². The van der Waals surface area contributed by atoms with Gasteiger partial charge in [0.25, 0.3) is 5.91 Å². The predicted octanol–water partition coefficient (Wildman–Crippen LogP) is 3.27. The van der Waals surface area contributed by atoms with Gasteiger partial charge < -0.3 is 15.4 Å². The van der Waals surface area contributed by atoms with Crippen LogP contribution in [0.5, 0.6) is 5.75 Å². The minimum atomic E-state index is -0.415. The molecule has 0 aromatic heterocycles. The van der Waals surface area contributed by atoms with Gasteiger partial charge in [-0.25, -0.2) is 0 Å². The highest BCUT2D eigenvalue weighted by atomic mass is 79.9. The number of ether oxygens (including phenoxy) is 1. The van der Waals surface area contributed by atoms with E-state index in [2.05, 4.69) is 26.6 Å². The lowest BCUT2D eigenvalue weighted by Gasteiger charge is -2.06. The second-order valence-corrected chi connectivity index (χ2v) is 6.12. The van der Waals surface area contributed by atoms with E-state index >= 15 is 0 Å². The molecule has 0 fully saturated rings. The first-order valence-electron chi connectivity index (χ1n) is 7.61. The van der Waals surface area contributed by atoms with E-state index in [0.717, 1.165) is 21.3 Å². The number of carbonyl (C=O) groups is 1. The summed E-state index contributed by atoms with van der Waals surface area (Å²) in [6.07, 6.45) is 1.44. The van der Waals surface area contributed by atoms with Crippen molar-refractivity contribution in [1.29, 1.82) is 5.26 Å². The first-order valence-corrected chi connectivity index (χ1v) is 8.41. The number of methoxy groups -OCH3 is 1. The predicted molar refractivity (Wildman–Crippen MR) is 99.5 cm³/mol. The van der Waals surface area contributed by atoms with Gasteiger partial charge in [-0.05, 0) is 35.4 Å². The second-order valence-electron chi connectivity index (χ2n) is 5.21. The maximum atomic E-state index is 12.1. The van der Waals surface area contributed by atoms with E-state index in [1.54, 1.807) is 7.11 Å². The van der Waals surface area contributed by atoms with E-state index in [9.17, 15) is 4.79 Å². The molecule has 0 saturated carbocycles. The summed E-state index contributed by atoms with van der Waals surface area (Å²) in [6.45, 7) is 0.874. The third-order valence-corrected chi connectivity index (χ3v) is 3.97. The molecule has 25 heavy (non-hydrogen) atoms. The van der Waals surface area contributed by atoms with Crippen molar-refractivity contribution in [3.8, 4) is 11.8 Å². The molecule has 6 heteroatoms. The lowest BCUT2D eigenvalue weighted by atomic mass is 10.2. The molecule has 1 amide bonds. The Morgan fingerprint density at radius 2 is 1.72 bits per heavy atom. The zero-order valence-corrected chi connectivity index (χ0v) is 15.3. The normalized spacial score (nSPS) is 10.7. The monoisotopic (exact) mass is 399 g/mol. The number of nitrogens with zero attached hydrogens (tertiary/aromatic N) is 1. The van der Waals surface area contributed by atoms with Gasteiger partial charge >= 0.3 is 0 Å². The molecular formula is C19H18BrN3O2. The van der Waals surface area contributed by atoms with Gasteiger partial charge in [0.2, 0.25) is 0 Å². The van der Waals surface area contributed by atoms with Gasteiger partial charge in [-0.3, -0.25) is 4.79 Å². The van der Waals surface area contributed by atoms with Gasteiger partial charge in [0.1, 0.15) is 17.4 Å². The Hall–Kier alpha value is -2.78. The number of amides is 1. The summed E-state index contributed by atoms with van der Waals surface area (Å²) in [4.78, 5) is 12.1. The summed E-state index contributed by atoms with van der Waals surface area (Å²) in [6, 6.07) is 17.1. The van der Waals surface area contributed by atoms with Crippen molar-refractivity contribution in [3.63, 3.8) is 0 Å². The molecule has 0 atom stereocenters. The number of hydrogen-bond donors (Lipinski definition) is 2. The van der Waals surface area contributed by atoms with Crippen molar-refractivity contribution >= 4 is 21.8 Å². The van der Waals surface area contributed by atoms with Crippen molar-refractivity contribution < 1.29 is 9.53 Å². The molecule has 2 N–H and O–H groups in total. The summed E-state index contributed by atoms with van der Waals surface area (Å²) in [5.41, 5.74) is 2.01. The molecule has 0 aliphatic heterocycles. The average Bonchev–Trinajstić information content (AvgIpc) is 2.65. The van der Waals surface area contributed by atoms with Crippen molar-refractivity contribution in [2.45, 2.75) is 13.1 Å². The van der Waals surface area contributed by atoms with Crippen LogP contribution in [0.4, 0.5) is 0 Å². The molecule has 0 unspecified atom stereocenters. The zero-order chi connectivity index (χ0) is 18.1. The third-order valence-electron chi connectivity index (χ3n) is 3.44. The molecule has 5 nitrogen and oxygen atoms in total. The van der Waals surface area contributed by atoms with E-state index in [1.165, 1.54) is 6.20 Å². The number of nitrogens with one attached hydrogen (secondary N) is 2. The summed E-state index contributed by atoms with van der Waals surface area (Å²) in [5.74, 6) is 0.339. The van der Waals surface area contributed by atoms with Crippen LogP contribution in [0.25, 0.3) is 0 Å². The lowest BCUT2D eigenvalue weighted by molar-refractivity contribution is -0.117. The fourth-order valence-corrected chi connectivity index (χ4v) is 2.31. The molecular weight excluding hydrogens is 382 g/mol. The number of nitriles is 1. The van der Waals surface area contributed by atoms with Crippen LogP contribution in [0, 0.1) is 11.3 Å². The van der Waals surface area contributed by atoms with Crippen LogP contribution in [0.1, 0.15) is 11.1 Å². The Balaban J connectivity index is 1.86. The summed E-state index contributed by atoms with van der Waals surface area (Å²) < 4.78 is 6.09. The van der Waals surface area contributed by atoms with Crippen LogP contribution < -0.4 is 15.4 Å². The van der Waals surface area contributed by atoms with Crippen LogP contribution in [0.2, 0.25) is 0 Å². The molecule has 0 heterocycles. The molecule has 2 aromatic rings. The van der Waals surface area contributed by atoms with E-state index in [0.29, 0.717) is 13.1 Å². The summed E-state index contributed by atoms with van der Waals surface area (Å²) in [7, 11) is 1.60. The number of hydrogen-bond acceptors (Lipinski definition) is 4. The first kappa shape index (κ1) is 18.6. The summed E-state index contributed by atoms with van der Waals surface area (Å²) in [5, 5.41) is 14.9. The molecule has 0 radical (unpaired) electrons. The Kier molecular flexibility index (Phi) is 7.05. The molecule has 0 spiro atoms. The molecule has 128 valence electrons. The molecule has 0 aliphatic carbocycles. The van der Waals surface area contributed by atoms with Crippen LogP contribution in [0.3, 0.4) is 0 Å². The van der Waals surface area contributed by atoms with Crippen molar-refractivity contribution in [2.75, 3.05) is 7.11 Å². The lowest BCUT2D eigenvalue weighted by Crippen LogP contribution is -2.25. The van der Waals surface area contributed by atoms with Crippen LogP contribution in [-0.4, -0.2) is 13.0 Å². The third kappa shape index (κ3) is 5.98. The van der Waals surface area contributed by atoms with Crippen molar-refractivity contribution in [1.82, 2.24) is 10.6 Å². The van der Waals surface area contributed by atoms with Crippen molar-refractivity contribution in [3.05, 3.63) is 75.9 Å². The molecule has 0 saturated heterocycles. The highest BCUT2D eigenvalue weighted by Gasteiger charge is 2.08. The van der Waals surface area contributed by atoms with E-state index in [4.69, 9.17) is 10.00 Å². The number of halogens is 1. The molecule has 2 aromatic carbocycles. The maximum absolute atomic E-state index is 12.1. The van der Waals surface area contributed by atoms with Crippen LogP contribution >= 0.6 is 15.9 Å². The Labute approximate surface area is 155 Å². The van der Waals surface area contributed by atoms with E-state index in [1.807, 2.05) is 54.6 Å². The van der Waals surface area contributed by atoms with Gasteiger partial charge in [0, 0.05) is 23.8 Å². The van der Waals surface area contributed by atoms with Crippen LogP contribution in [0.15, 0.2) is 64.8 Å². The molecule has 0 aliphatic rings. The highest BCUT2D eigenvalue weighted by molar-refractivity contribution is 9.10. The molecule has 0 bridgehead atoms. The SMILES string of the molecule is COc1ccc(CNC(=O)/C(C#N)=C\NCc2ccc(Br)cc2)cc1. The number of carbonyl (C=O) groups excluding carboxylic acids is 1. The smallest absolute Gasteiger partial charge is 0.263 e. The van der Waals surface area contributed by atoms with Crippen molar-refractivity contribution in [2.24, 2.45) is 0 Å². The maximum Gasteiger partial charge on any atom is 0.263 e. The minimum absolute atomic E-state index is 0.0330. The fraction of sp³-hybridized carbons (Fsp3) is 0.158. The minimum Gasteiger partial charge on any atom is -0.497 e. The van der Waals surface area contributed by atoms with Gasteiger partial charge in [-0.2, -0.15) is 5.26 Å².